The quantitative estimate of drug-likeness (QED) is 0.546. The summed E-state index contributed by atoms with van der Waals surface area (Å²) in [7, 11) is 0. The molecule has 1 heterocycles. The van der Waals surface area contributed by atoms with Gasteiger partial charge in [0.1, 0.15) is 5.82 Å². The zero-order valence-electron chi connectivity index (χ0n) is 13.7. The smallest absolute Gasteiger partial charge is 0.234 e. The number of nitrogens with one attached hydrogen (secondary N) is 2. The molecule has 3 rings (SSSR count). The molecule has 0 atom stereocenters. The summed E-state index contributed by atoms with van der Waals surface area (Å²) in [6, 6.07) is 14.0. The molecule has 0 bridgehead atoms. The van der Waals surface area contributed by atoms with Crippen molar-refractivity contribution in [1.82, 2.24) is 10.2 Å². The van der Waals surface area contributed by atoms with E-state index in [2.05, 4.69) is 20.8 Å². The minimum atomic E-state index is -0.358. The molecule has 0 aliphatic rings. The molecule has 3 aromatic rings. The van der Waals surface area contributed by atoms with Crippen LogP contribution in [0.4, 0.5) is 20.9 Å². The number of carbonyl (C=O) groups excluding carboxylic acids is 1. The van der Waals surface area contributed by atoms with Crippen molar-refractivity contribution in [2.24, 2.45) is 0 Å². The number of carbonyl (C=O) groups is 1. The molecular formula is C17H15FN4OS3. The molecule has 0 saturated heterocycles. The average molecular weight is 407 g/mol. The Morgan fingerprint density at radius 3 is 2.85 bits per heavy atom. The van der Waals surface area contributed by atoms with Crippen LogP contribution in [0.25, 0.3) is 0 Å². The van der Waals surface area contributed by atoms with Gasteiger partial charge >= 0.3 is 0 Å². The monoisotopic (exact) mass is 406 g/mol. The van der Waals surface area contributed by atoms with Crippen molar-refractivity contribution in [3.63, 3.8) is 0 Å². The summed E-state index contributed by atoms with van der Waals surface area (Å²) in [6.45, 7) is 0. The SMILES string of the molecule is CSc1cccc(NC(=O)CSc2nnc(Nc3ccccc3F)s2)c1. The molecule has 0 unspecified atom stereocenters. The van der Waals surface area contributed by atoms with Crippen LogP contribution in [0.15, 0.2) is 57.8 Å². The molecule has 0 aliphatic carbocycles. The summed E-state index contributed by atoms with van der Waals surface area (Å²) < 4.78 is 14.3. The summed E-state index contributed by atoms with van der Waals surface area (Å²) in [5.74, 6) is -0.256. The molecule has 2 aromatic carbocycles. The molecule has 0 aliphatic heterocycles. The predicted molar refractivity (Wildman–Crippen MR) is 107 cm³/mol. The Balaban J connectivity index is 1.52. The Morgan fingerprint density at radius 1 is 1.19 bits per heavy atom. The molecule has 2 N–H and O–H groups in total. The van der Waals surface area contributed by atoms with Crippen LogP contribution < -0.4 is 10.6 Å². The van der Waals surface area contributed by atoms with E-state index in [1.165, 1.54) is 29.2 Å². The van der Waals surface area contributed by atoms with Crippen LogP contribution in [0.2, 0.25) is 0 Å². The van der Waals surface area contributed by atoms with Crippen molar-refractivity contribution >= 4 is 57.3 Å². The first kappa shape index (κ1) is 18.7. The highest BCUT2D eigenvalue weighted by Crippen LogP contribution is 2.28. The molecule has 0 spiro atoms. The maximum atomic E-state index is 13.6. The largest absolute Gasteiger partial charge is 0.328 e. The van der Waals surface area contributed by atoms with Crippen LogP contribution in [0.3, 0.4) is 0 Å². The number of benzene rings is 2. The third kappa shape index (κ3) is 5.20. The van der Waals surface area contributed by atoms with Gasteiger partial charge in [0.2, 0.25) is 11.0 Å². The van der Waals surface area contributed by atoms with E-state index in [1.807, 2.05) is 30.5 Å². The first-order valence-corrected chi connectivity index (χ1v) is 10.6. The lowest BCUT2D eigenvalue weighted by molar-refractivity contribution is -0.113. The van der Waals surface area contributed by atoms with Gasteiger partial charge in [-0.1, -0.05) is 41.3 Å². The van der Waals surface area contributed by atoms with Crippen molar-refractivity contribution in [3.8, 4) is 0 Å². The molecule has 1 amide bonds. The van der Waals surface area contributed by atoms with E-state index in [0.717, 1.165) is 10.6 Å². The average Bonchev–Trinajstić information content (AvgIpc) is 3.09. The highest BCUT2D eigenvalue weighted by atomic mass is 32.2. The molecular weight excluding hydrogens is 391 g/mol. The Bertz CT molecular complexity index is 903. The second-order valence-corrected chi connectivity index (χ2v) is 8.13. The van der Waals surface area contributed by atoms with Gasteiger partial charge in [0, 0.05) is 10.6 Å². The zero-order valence-corrected chi connectivity index (χ0v) is 16.2. The second kappa shape index (κ2) is 9.02. The Hall–Kier alpha value is -2.10. The fourth-order valence-corrected chi connectivity index (χ4v) is 4.05. The zero-order chi connectivity index (χ0) is 18.4. The molecule has 0 radical (unpaired) electrons. The van der Waals surface area contributed by atoms with Gasteiger partial charge in [-0.05, 0) is 36.6 Å². The minimum Gasteiger partial charge on any atom is -0.328 e. The van der Waals surface area contributed by atoms with E-state index in [0.29, 0.717) is 15.2 Å². The molecule has 26 heavy (non-hydrogen) atoms. The van der Waals surface area contributed by atoms with Gasteiger partial charge in [0.05, 0.1) is 11.4 Å². The number of anilines is 3. The van der Waals surface area contributed by atoms with E-state index in [9.17, 15) is 9.18 Å². The van der Waals surface area contributed by atoms with Crippen LogP contribution in [-0.4, -0.2) is 28.1 Å². The second-order valence-electron chi connectivity index (χ2n) is 5.05. The number of hydrogen-bond acceptors (Lipinski definition) is 7. The molecule has 1 aromatic heterocycles. The van der Waals surface area contributed by atoms with Crippen molar-refractivity contribution in [1.29, 1.82) is 0 Å². The molecule has 134 valence electrons. The Labute approximate surface area is 162 Å². The fourth-order valence-electron chi connectivity index (χ4n) is 2.02. The number of para-hydroxylation sites is 1. The number of nitrogens with zero attached hydrogens (tertiary/aromatic N) is 2. The van der Waals surface area contributed by atoms with Crippen LogP contribution in [0.1, 0.15) is 0 Å². The first-order chi connectivity index (χ1) is 12.6. The van der Waals surface area contributed by atoms with E-state index in [1.54, 1.807) is 30.0 Å². The van der Waals surface area contributed by atoms with E-state index in [4.69, 9.17) is 0 Å². The molecule has 5 nitrogen and oxygen atoms in total. The molecule has 0 fully saturated rings. The Kier molecular flexibility index (Phi) is 6.48. The van der Waals surface area contributed by atoms with Crippen LogP contribution >= 0.6 is 34.9 Å². The number of aromatic nitrogens is 2. The summed E-state index contributed by atoms with van der Waals surface area (Å²) in [6.07, 6.45) is 1.99. The minimum absolute atomic E-state index is 0.118. The number of hydrogen-bond donors (Lipinski definition) is 2. The lowest BCUT2D eigenvalue weighted by Gasteiger charge is -2.05. The number of thioether (sulfide) groups is 2. The predicted octanol–water partition coefficient (Wildman–Crippen LogP) is 4.87. The summed E-state index contributed by atoms with van der Waals surface area (Å²) in [5, 5.41) is 14.2. The number of halogens is 1. The summed E-state index contributed by atoms with van der Waals surface area (Å²) in [5.41, 5.74) is 1.10. The van der Waals surface area contributed by atoms with Gasteiger partial charge in [-0.3, -0.25) is 4.79 Å². The maximum Gasteiger partial charge on any atom is 0.234 e. The van der Waals surface area contributed by atoms with Gasteiger partial charge in [0.15, 0.2) is 4.34 Å². The Morgan fingerprint density at radius 2 is 2.04 bits per heavy atom. The van der Waals surface area contributed by atoms with Crippen molar-refractivity contribution in [2.45, 2.75) is 9.24 Å². The standard InChI is InChI=1S/C17H15FN4OS3/c1-24-12-6-4-5-11(9-12)19-15(23)10-25-17-22-21-16(26-17)20-14-8-3-2-7-13(14)18/h2-9H,10H2,1H3,(H,19,23)(H,20,21). The lowest BCUT2D eigenvalue weighted by atomic mass is 10.3. The molecule has 9 heteroatoms. The van der Waals surface area contributed by atoms with Gasteiger partial charge in [0.25, 0.3) is 0 Å². The number of rotatable bonds is 7. The summed E-state index contributed by atoms with van der Waals surface area (Å²) in [4.78, 5) is 13.2. The van der Waals surface area contributed by atoms with E-state index in [-0.39, 0.29) is 17.5 Å². The van der Waals surface area contributed by atoms with Gasteiger partial charge in [-0.2, -0.15) is 0 Å². The van der Waals surface area contributed by atoms with Crippen LogP contribution in [0, 0.1) is 5.82 Å². The lowest BCUT2D eigenvalue weighted by Crippen LogP contribution is -2.13. The van der Waals surface area contributed by atoms with Crippen molar-refractivity contribution in [3.05, 3.63) is 54.3 Å². The van der Waals surface area contributed by atoms with Crippen molar-refractivity contribution < 1.29 is 9.18 Å². The van der Waals surface area contributed by atoms with Gasteiger partial charge in [-0.25, -0.2) is 4.39 Å². The van der Waals surface area contributed by atoms with Crippen LogP contribution in [0.5, 0.6) is 0 Å². The molecule has 0 saturated carbocycles. The highest BCUT2D eigenvalue weighted by molar-refractivity contribution is 8.01. The fraction of sp³-hybridized carbons (Fsp3) is 0.118. The van der Waals surface area contributed by atoms with Gasteiger partial charge < -0.3 is 10.6 Å². The third-order valence-electron chi connectivity index (χ3n) is 3.20. The maximum absolute atomic E-state index is 13.6. The number of amides is 1. The topological polar surface area (TPSA) is 66.9 Å². The normalized spacial score (nSPS) is 10.5. The first-order valence-electron chi connectivity index (χ1n) is 7.56. The van der Waals surface area contributed by atoms with Crippen molar-refractivity contribution in [2.75, 3.05) is 22.6 Å². The van der Waals surface area contributed by atoms with E-state index >= 15 is 0 Å². The van der Waals surface area contributed by atoms with E-state index < -0.39 is 0 Å². The third-order valence-corrected chi connectivity index (χ3v) is 5.90. The van der Waals surface area contributed by atoms with Crippen LogP contribution in [-0.2, 0) is 4.79 Å². The summed E-state index contributed by atoms with van der Waals surface area (Å²) >= 11 is 4.18. The highest BCUT2D eigenvalue weighted by Gasteiger charge is 2.10. The van der Waals surface area contributed by atoms with Gasteiger partial charge in [-0.15, -0.1) is 22.0 Å².